The van der Waals surface area contributed by atoms with Gasteiger partial charge in [-0.3, -0.25) is 9.89 Å². The lowest BCUT2D eigenvalue weighted by atomic mass is 10.0. The number of hydrogen-bond acceptors (Lipinski definition) is 4. The smallest absolute Gasteiger partial charge is 0.191 e. The van der Waals surface area contributed by atoms with Crippen molar-refractivity contribution in [3.8, 4) is 0 Å². The summed E-state index contributed by atoms with van der Waals surface area (Å²) in [5.41, 5.74) is 1.43. The Morgan fingerprint density at radius 1 is 1.19 bits per heavy atom. The number of thioether (sulfide) groups is 1. The fourth-order valence-electron chi connectivity index (χ4n) is 3.20. The molecule has 0 aromatic heterocycles. The Bertz CT molecular complexity index is 514. The van der Waals surface area contributed by atoms with Crippen LogP contribution in [0, 0.1) is 0 Å². The molecule has 0 spiro atoms. The predicted molar refractivity (Wildman–Crippen MR) is 126 cm³/mol. The average molecular weight is 491 g/mol. The molecule has 0 radical (unpaired) electrons. The summed E-state index contributed by atoms with van der Waals surface area (Å²) in [6.07, 6.45) is 3.24. The molecule has 1 unspecified atom stereocenters. The molecule has 1 heterocycles. The number of nitrogens with zero attached hydrogens (tertiary/aromatic N) is 3. The number of likely N-dealkylation sites (N-methyl/N-ethyl adjacent to an activating group) is 1. The van der Waals surface area contributed by atoms with Crippen LogP contribution in [0.1, 0.15) is 18.0 Å². The van der Waals surface area contributed by atoms with Crippen molar-refractivity contribution in [2.45, 2.75) is 12.5 Å². The molecule has 2 N–H and O–H groups in total. The number of benzene rings is 1. The van der Waals surface area contributed by atoms with Gasteiger partial charge in [-0.1, -0.05) is 30.3 Å². The maximum absolute atomic E-state index is 4.28. The molecule has 1 aromatic rings. The molecule has 0 amide bonds. The molecule has 0 aliphatic carbocycles. The maximum Gasteiger partial charge on any atom is 0.191 e. The summed E-state index contributed by atoms with van der Waals surface area (Å²) in [5, 5.41) is 6.77. The normalized spacial score (nSPS) is 19.0. The Labute approximate surface area is 180 Å². The van der Waals surface area contributed by atoms with Gasteiger partial charge in [0, 0.05) is 58.1 Å². The molecule has 0 saturated carbocycles. The summed E-state index contributed by atoms with van der Waals surface area (Å²) in [5.74, 6) is 2.01. The van der Waals surface area contributed by atoms with E-state index >= 15 is 0 Å². The van der Waals surface area contributed by atoms with Crippen molar-refractivity contribution >= 4 is 41.7 Å². The van der Waals surface area contributed by atoms with Gasteiger partial charge >= 0.3 is 0 Å². The minimum absolute atomic E-state index is 0. The van der Waals surface area contributed by atoms with E-state index in [1.807, 2.05) is 18.8 Å². The van der Waals surface area contributed by atoms with Crippen LogP contribution < -0.4 is 10.6 Å². The van der Waals surface area contributed by atoms with Crippen molar-refractivity contribution in [2.24, 2.45) is 4.99 Å². The summed E-state index contributed by atoms with van der Waals surface area (Å²) >= 11 is 1.84. The largest absolute Gasteiger partial charge is 0.356 e. The minimum atomic E-state index is 0. The third-order valence-corrected chi connectivity index (χ3v) is 5.23. The van der Waals surface area contributed by atoms with Crippen LogP contribution in [0.25, 0.3) is 0 Å². The van der Waals surface area contributed by atoms with Crippen molar-refractivity contribution in [2.75, 3.05) is 65.4 Å². The van der Waals surface area contributed by atoms with E-state index in [0.29, 0.717) is 6.04 Å². The van der Waals surface area contributed by atoms with E-state index in [1.165, 1.54) is 5.56 Å². The van der Waals surface area contributed by atoms with Gasteiger partial charge in [-0.2, -0.15) is 11.8 Å². The molecule has 5 nitrogen and oxygen atoms in total. The van der Waals surface area contributed by atoms with Crippen LogP contribution in [-0.2, 0) is 0 Å². The van der Waals surface area contributed by atoms with E-state index in [2.05, 4.69) is 69.1 Å². The quantitative estimate of drug-likeness (QED) is 0.253. The highest BCUT2D eigenvalue weighted by Crippen LogP contribution is 2.24. The molecule has 1 atom stereocenters. The molecule has 1 aromatic carbocycles. The Kier molecular flexibility index (Phi) is 12.3. The molecular weight excluding hydrogens is 457 g/mol. The second-order valence-corrected chi connectivity index (χ2v) is 7.48. The molecule has 1 aliphatic heterocycles. The first-order valence-corrected chi connectivity index (χ1v) is 10.5. The van der Waals surface area contributed by atoms with Crippen LogP contribution in [0.4, 0.5) is 0 Å². The van der Waals surface area contributed by atoms with Crippen molar-refractivity contribution in [1.29, 1.82) is 0 Å². The third kappa shape index (κ3) is 8.02. The Balaban J connectivity index is 0.00000338. The number of hydrogen-bond donors (Lipinski definition) is 2. The van der Waals surface area contributed by atoms with Crippen LogP contribution in [0.2, 0.25) is 0 Å². The van der Waals surface area contributed by atoms with E-state index in [4.69, 9.17) is 0 Å². The number of piperazine rings is 1. The molecule has 1 aliphatic rings. The molecule has 1 fully saturated rings. The van der Waals surface area contributed by atoms with E-state index in [1.54, 1.807) is 0 Å². The van der Waals surface area contributed by atoms with Crippen LogP contribution in [-0.4, -0.2) is 81.1 Å². The first kappa shape index (κ1) is 23.5. The number of nitrogens with one attached hydrogen (secondary N) is 2. The van der Waals surface area contributed by atoms with E-state index in [0.717, 1.165) is 57.4 Å². The highest BCUT2D eigenvalue weighted by molar-refractivity contribution is 14.0. The lowest BCUT2D eigenvalue weighted by Crippen LogP contribution is -2.47. The van der Waals surface area contributed by atoms with E-state index < -0.39 is 0 Å². The first-order chi connectivity index (χ1) is 12.2. The van der Waals surface area contributed by atoms with Crippen LogP contribution in [0.5, 0.6) is 0 Å². The fourth-order valence-corrected chi connectivity index (χ4v) is 3.50. The monoisotopic (exact) mass is 491 g/mol. The van der Waals surface area contributed by atoms with Crippen LogP contribution in [0.15, 0.2) is 35.3 Å². The zero-order valence-electron chi connectivity index (χ0n) is 16.3. The molecule has 148 valence electrons. The molecule has 0 bridgehead atoms. The SMILES string of the molecule is CN=C(NCCCN1CCN(C)CC1c1ccccc1)NCCSC.I. The zero-order valence-corrected chi connectivity index (χ0v) is 19.4. The standard InChI is InChI=1S/C19H33N5S.HI/c1-20-19(22-11-15-25-3)21-10-7-12-24-14-13-23(2)16-18(24)17-8-5-4-6-9-17;/h4-6,8-9,18H,7,10-16H2,1-3H3,(H2,20,21,22);1H. The molecule has 2 rings (SSSR count). The van der Waals surface area contributed by atoms with Gasteiger partial charge in [0.25, 0.3) is 0 Å². The van der Waals surface area contributed by atoms with E-state index in [9.17, 15) is 0 Å². The number of aliphatic imine (C=N–C) groups is 1. The number of halogens is 1. The second kappa shape index (κ2) is 13.6. The Hall–Kier alpha value is -0.510. The molecule has 26 heavy (non-hydrogen) atoms. The van der Waals surface area contributed by atoms with Crippen LogP contribution in [0.3, 0.4) is 0 Å². The molecule has 7 heteroatoms. The van der Waals surface area contributed by atoms with E-state index in [-0.39, 0.29) is 24.0 Å². The van der Waals surface area contributed by atoms with Gasteiger partial charge < -0.3 is 15.5 Å². The molecule has 1 saturated heterocycles. The van der Waals surface area contributed by atoms with Crippen molar-refractivity contribution in [1.82, 2.24) is 20.4 Å². The van der Waals surface area contributed by atoms with Gasteiger partial charge in [0.1, 0.15) is 0 Å². The predicted octanol–water partition coefficient (Wildman–Crippen LogP) is 2.51. The van der Waals surface area contributed by atoms with Gasteiger partial charge in [0.15, 0.2) is 5.96 Å². The van der Waals surface area contributed by atoms with Crippen molar-refractivity contribution in [3.63, 3.8) is 0 Å². The van der Waals surface area contributed by atoms with Gasteiger partial charge in [-0.05, 0) is 25.3 Å². The van der Waals surface area contributed by atoms with Gasteiger partial charge in [-0.25, -0.2) is 0 Å². The summed E-state index contributed by atoms with van der Waals surface area (Å²) in [6, 6.07) is 11.4. The van der Waals surface area contributed by atoms with Crippen LogP contribution >= 0.6 is 35.7 Å². The maximum atomic E-state index is 4.28. The second-order valence-electron chi connectivity index (χ2n) is 6.50. The summed E-state index contributed by atoms with van der Waals surface area (Å²) in [6.45, 7) is 6.41. The topological polar surface area (TPSA) is 42.9 Å². The van der Waals surface area contributed by atoms with Crippen molar-refractivity contribution < 1.29 is 0 Å². The van der Waals surface area contributed by atoms with Gasteiger partial charge in [0.2, 0.25) is 0 Å². The number of rotatable bonds is 8. The Morgan fingerprint density at radius 3 is 2.62 bits per heavy atom. The third-order valence-electron chi connectivity index (χ3n) is 4.62. The average Bonchev–Trinajstić information content (AvgIpc) is 2.65. The number of guanidine groups is 1. The highest BCUT2D eigenvalue weighted by atomic mass is 127. The first-order valence-electron chi connectivity index (χ1n) is 9.15. The van der Waals surface area contributed by atoms with Crippen molar-refractivity contribution in [3.05, 3.63) is 35.9 Å². The highest BCUT2D eigenvalue weighted by Gasteiger charge is 2.25. The molecular formula is C19H34IN5S. The summed E-state index contributed by atoms with van der Waals surface area (Å²) in [4.78, 5) is 9.34. The van der Waals surface area contributed by atoms with Gasteiger partial charge in [0.05, 0.1) is 0 Å². The summed E-state index contributed by atoms with van der Waals surface area (Å²) < 4.78 is 0. The summed E-state index contributed by atoms with van der Waals surface area (Å²) in [7, 11) is 4.05. The minimum Gasteiger partial charge on any atom is -0.356 e. The van der Waals surface area contributed by atoms with Gasteiger partial charge in [-0.15, -0.1) is 24.0 Å². The fraction of sp³-hybridized carbons (Fsp3) is 0.632. The lowest BCUT2D eigenvalue weighted by Gasteiger charge is -2.40. The lowest BCUT2D eigenvalue weighted by molar-refractivity contribution is 0.0891. The Morgan fingerprint density at radius 2 is 1.92 bits per heavy atom. The zero-order chi connectivity index (χ0) is 17.9.